The molecule has 3 aromatic rings. The molecule has 1 unspecified atom stereocenters. The average molecular weight is 495 g/mol. The molecule has 1 aromatic heterocycles. The molecule has 0 amide bonds. The molecule has 182 valence electrons. The standard InChI is InChI=1S/C26H26N2O6S/c1-5-33-18-10-8-17(9-11-18)23-22(25(31)34-6-2)15(3)27-26-28(23)24(30)21(35-26)14-16-7-12-19(29)20(13-16)32-4/h7-14,23,29H,5-6H2,1-4H3. The van der Waals surface area contributed by atoms with E-state index in [-0.39, 0.29) is 17.9 Å². The van der Waals surface area contributed by atoms with Crippen LogP contribution in [0.4, 0.5) is 0 Å². The third kappa shape index (κ3) is 4.72. The minimum Gasteiger partial charge on any atom is -0.504 e. The summed E-state index contributed by atoms with van der Waals surface area (Å²) in [5.41, 5.74) is 1.96. The second kappa shape index (κ2) is 10.2. The Morgan fingerprint density at radius 3 is 2.57 bits per heavy atom. The summed E-state index contributed by atoms with van der Waals surface area (Å²) >= 11 is 1.23. The van der Waals surface area contributed by atoms with E-state index in [4.69, 9.17) is 14.2 Å². The zero-order valence-corrected chi connectivity index (χ0v) is 20.7. The minimum atomic E-state index is -0.697. The fourth-order valence-corrected chi connectivity index (χ4v) is 5.00. The number of ether oxygens (including phenoxy) is 3. The number of hydrogen-bond donors (Lipinski definition) is 1. The first-order valence-electron chi connectivity index (χ1n) is 11.2. The number of phenols is 1. The van der Waals surface area contributed by atoms with Crippen LogP contribution >= 0.6 is 11.3 Å². The van der Waals surface area contributed by atoms with Crippen LogP contribution < -0.4 is 24.4 Å². The molecule has 0 saturated carbocycles. The maximum atomic E-state index is 13.6. The van der Waals surface area contributed by atoms with Crippen LogP contribution in [0.25, 0.3) is 6.08 Å². The average Bonchev–Trinajstić information content (AvgIpc) is 3.14. The lowest BCUT2D eigenvalue weighted by molar-refractivity contribution is -0.139. The van der Waals surface area contributed by atoms with Gasteiger partial charge < -0.3 is 19.3 Å². The van der Waals surface area contributed by atoms with Crippen molar-refractivity contribution in [3.63, 3.8) is 0 Å². The van der Waals surface area contributed by atoms with Crippen molar-refractivity contribution in [3.05, 3.63) is 84.5 Å². The summed E-state index contributed by atoms with van der Waals surface area (Å²) < 4.78 is 18.0. The Hall–Kier alpha value is -3.85. The fraction of sp³-hybridized carbons (Fsp3) is 0.269. The first-order chi connectivity index (χ1) is 16.9. The number of nitrogens with zero attached hydrogens (tertiary/aromatic N) is 2. The Balaban J connectivity index is 1.90. The number of hydrogen-bond acceptors (Lipinski definition) is 8. The van der Waals surface area contributed by atoms with E-state index in [0.717, 1.165) is 5.56 Å². The Labute approximate surface area is 206 Å². The third-order valence-electron chi connectivity index (χ3n) is 5.53. The molecule has 2 aromatic carbocycles. The molecular formula is C26H26N2O6S. The summed E-state index contributed by atoms with van der Waals surface area (Å²) in [6.07, 6.45) is 1.71. The predicted molar refractivity (Wildman–Crippen MR) is 133 cm³/mol. The number of aromatic hydroxyl groups is 1. The molecule has 9 heteroatoms. The molecule has 0 aliphatic carbocycles. The van der Waals surface area contributed by atoms with E-state index >= 15 is 0 Å². The maximum Gasteiger partial charge on any atom is 0.338 e. The summed E-state index contributed by atoms with van der Waals surface area (Å²) in [5.74, 6) is 0.504. The molecule has 8 nitrogen and oxygen atoms in total. The number of fused-ring (bicyclic) bond motifs is 1. The van der Waals surface area contributed by atoms with Gasteiger partial charge in [0, 0.05) is 0 Å². The molecule has 35 heavy (non-hydrogen) atoms. The number of phenolic OH excluding ortho intramolecular Hbond substituents is 1. The molecule has 4 rings (SSSR count). The van der Waals surface area contributed by atoms with E-state index in [1.807, 2.05) is 31.2 Å². The molecule has 0 fully saturated rings. The lowest BCUT2D eigenvalue weighted by atomic mass is 9.96. The molecule has 0 saturated heterocycles. The smallest absolute Gasteiger partial charge is 0.338 e. The van der Waals surface area contributed by atoms with Crippen LogP contribution in [0.2, 0.25) is 0 Å². The molecule has 1 N–H and O–H groups in total. The lowest BCUT2D eigenvalue weighted by Crippen LogP contribution is -2.39. The quantitative estimate of drug-likeness (QED) is 0.507. The van der Waals surface area contributed by atoms with Crippen LogP contribution in [0.5, 0.6) is 17.2 Å². The molecule has 1 aliphatic rings. The molecule has 0 radical (unpaired) electrons. The van der Waals surface area contributed by atoms with Gasteiger partial charge in [0.05, 0.1) is 42.2 Å². The Kier molecular flexibility index (Phi) is 7.07. The highest BCUT2D eigenvalue weighted by Crippen LogP contribution is 2.32. The molecular weight excluding hydrogens is 468 g/mol. The van der Waals surface area contributed by atoms with Gasteiger partial charge in [-0.3, -0.25) is 9.36 Å². The number of esters is 1. The summed E-state index contributed by atoms with van der Waals surface area (Å²) in [4.78, 5) is 31.6. The van der Waals surface area contributed by atoms with Crippen molar-refractivity contribution in [2.45, 2.75) is 26.8 Å². The van der Waals surface area contributed by atoms with Gasteiger partial charge in [-0.1, -0.05) is 29.5 Å². The Morgan fingerprint density at radius 1 is 1.17 bits per heavy atom. The fourth-order valence-electron chi connectivity index (χ4n) is 3.96. The van der Waals surface area contributed by atoms with Crippen LogP contribution in [0.15, 0.2) is 63.5 Å². The number of rotatable bonds is 7. The highest BCUT2D eigenvalue weighted by Gasteiger charge is 2.33. The first-order valence-corrected chi connectivity index (χ1v) is 12.0. The van der Waals surface area contributed by atoms with Gasteiger partial charge in [-0.2, -0.15) is 0 Å². The zero-order valence-electron chi connectivity index (χ0n) is 19.9. The summed E-state index contributed by atoms with van der Waals surface area (Å²) in [6.45, 7) is 6.12. The van der Waals surface area contributed by atoms with Gasteiger partial charge in [-0.25, -0.2) is 9.79 Å². The summed E-state index contributed by atoms with van der Waals surface area (Å²) in [5, 5.41) is 9.88. The first kappa shape index (κ1) is 24.3. The maximum absolute atomic E-state index is 13.6. The van der Waals surface area contributed by atoms with E-state index in [1.54, 1.807) is 32.1 Å². The van der Waals surface area contributed by atoms with Gasteiger partial charge in [0.2, 0.25) is 0 Å². The highest BCUT2D eigenvalue weighted by molar-refractivity contribution is 7.07. The van der Waals surface area contributed by atoms with Gasteiger partial charge in [0.25, 0.3) is 5.56 Å². The van der Waals surface area contributed by atoms with Crippen molar-refractivity contribution in [1.29, 1.82) is 0 Å². The van der Waals surface area contributed by atoms with Gasteiger partial charge in [-0.05, 0) is 62.2 Å². The zero-order chi connectivity index (χ0) is 25.1. The molecule has 0 spiro atoms. The van der Waals surface area contributed by atoms with Crippen LogP contribution in [0, 0.1) is 0 Å². The van der Waals surface area contributed by atoms with Crippen LogP contribution in [0.1, 0.15) is 37.9 Å². The molecule has 1 aliphatic heterocycles. The van der Waals surface area contributed by atoms with Gasteiger partial charge >= 0.3 is 5.97 Å². The van der Waals surface area contributed by atoms with Crippen LogP contribution in [-0.4, -0.2) is 36.0 Å². The SMILES string of the molecule is CCOC(=O)C1=C(C)N=c2sc(=Cc3ccc(O)c(OC)c3)c(=O)n2C1c1ccc(OCC)cc1. The number of aromatic nitrogens is 1. The van der Waals surface area contributed by atoms with Crippen LogP contribution in [0.3, 0.4) is 0 Å². The van der Waals surface area contributed by atoms with Gasteiger partial charge in [0.15, 0.2) is 16.3 Å². The van der Waals surface area contributed by atoms with Crippen molar-refractivity contribution < 1.29 is 24.1 Å². The van der Waals surface area contributed by atoms with Crippen molar-refractivity contribution in [2.24, 2.45) is 4.99 Å². The Bertz CT molecular complexity index is 1470. The number of carbonyl (C=O) groups is 1. The van der Waals surface area contributed by atoms with E-state index in [9.17, 15) is 14.7 Å². The van der Waals surface area contributed by atoms with Crippen molar-refractivity contribution in [2.75, 3.05) is 20.3 Å². The van der Waals surface area contributed by atoms with E-state index < -0.39 is 12.0 Å². The van der Waals surface area contributed by atoms with E-state index in [1.165, 1.54) is 29.1 Å². The largest absolute Gasteiger partial charge is 0.504 e. The second-order valence-corrected chi connectivity index (χ2v) is 8.74. The number of benzene rings is 2. The molecule has 0 bridgehead atoms. The topological polar surface area (TPSA) is 99.4 Å². The molecule has 2 heterocycles. The van der Waals surface area contributed by atoms with Gasteiger partial charge in [0.1, 0.15) is 5.75 Å². The van der Waals surface area contributed by atoms with Gasteiger partial charge in [-0.15, -0.1) is 0 Å². The highest BCUT2D eigenvalue weighted by atomic mass is 32.1. The molecule has 1 atom stereocenters. The summed E-state index contributed by atoms with van der Waals surface area (Å²) in [7, 11) is 1.46. The van der Waals surface area contributed by atoms with Crippen LogP contribution in [-0.2, 0) is 9.53 Å². The normalized spacial score (nSPS) is 15.4. The van der Waals surface area contributed by atoms with Crippen molar-refractivity contribution in [1.82, 2.24) is 4.57 Å². The predicted octanol–water partition coefficient (Wildman–Crippen LogP) is 2.91. The Morgan fingerprint density at radius 2 is 1.91 bits per heavy atom. The lowest BCUT2D eigenvalue weighted by Gasteiger charge is -2.24. The number of allylic oxidation sites excluding steroid dienone is 1. The number of carbonyl (C=O) groups excluding carboxylic acids is 1. The second-order valence-electron chi connectivity index (χ2n) is 7.74. The summed E-state index contributed by atoms with van der Waals surface area (Å²) in [6, 6.07) is 11.5. The van der Waals surface area contributed by atoms with Crippen molar-refractivity contribution >= 4 is 23.4 Å². The number of thiazole rings is 1. The monoisotopic (exact) mass is 494 g/mol. The van der Waals surface area contributed by atoms with E-state index in [0.29, 0.717) is 44.3 Å². The third-order valence-corrected chi connectivity index (χ3v) is 6.51. The minimum absolute atomic E-state index is 0.0105. The van der Waals surface area contributed by atoms with Crippen molar-refractivity contribution in [3.8, 4) is 17.2 Å². The number of methoxy groups -OCH3 is 1. The van der Waals surface area contributed by atoms with E-state index in [2.05, 4.69) is 4.99 Å².